The molecule has 0 amide bonds. The van der Waals surface area contributed by atoms with Crippen LogP contribution in [0, 0.1) is 5.92 Å². The highest BCUT2D eigenvalue weighted by Crippen LogP contribution is 2.42. The van der Waals surface area contributed by atoms with Gasteiger partial charge in [0.05, 0.1) is 6.10 Å². The van der Waals surface area contributed by atoms with Crippen LogP contribution in [0.2, 0.25) is 0 Å². The van der Waals surface area contributed by atoms with Gasteiger partial charge >= 0.3 is 7.82 Å². The van der Waals surface area contributed by atoms with Crippen molar-refractivity contribution in [2.45, 2.75) is 219 Å². The summed E-state index contributed by atoms with van der Waals surface area (Å²) in [6.07, 6.45) is 30.9. The van der Waals surface area contributed by atoms with E-state index in [-0.39, 0.29) is 12.8 Å². The average Bonchev–Trinajstić information content (AvgIpc) is 2.94. The number of hydrogen-bond acceptors (Lipinski definition) is 2. The molecule has 0 aliphatic heterocycles. The van der Waals surface area contributed by atoms with Crippen molar-refractivity contribution in [1.82, 2.24) is 0 Å². The molecule has 0 heterocycles. The van der Waals surface area contributed by atoms with Crippen LogP contribution in [0.25, 0.3) is 0 Å². The lowest BCUT2D eigenvalue weighted by molar-refractivity contribution is -0.0167. The molecule has 0 saturated heterocycles. The largest absolute Gasteiger partial charge is 0.469 e. The lowest BCUT2D eigenvalue weighted by Gasteiger charge is -2.27. The van der Waals surface area contributed by atoms with Gasteiger partial charge in [-0.25, -0.2) is 13.3 Å². The van der Waals surface area contributed by atoms with E-state index in [4.69, 9.17) is 4.52 Å². The average molecular weight is 625 g/mol. The molecule has 7 heteroatoms. The van der Waals surface area contributed by atoms with Crippen LogP contribution in [0.1, 0.15) is 206 Å². The third kappa shape index (κ3) is 30.0. The second-order valence-electron chi connectivity index (χ2n) is 12.9. The Kier molecular flexibility index (Phi) is 31.0. The molecule has 0 aromatic heterocycles. The van der Waals surface area contributed by atoms with Gasteiger partial charge in [0.25, 0.3) is 0 Å². The third-order valence-electron chi connectivity index (χ3n) is 8.81. The molecule has 0 fully saturated rings. The van der Waals surface area contributed by atoms with Crippen molar-refractivity contribution in [2.75, 3.05) is 0 Å². The summed E-state index contributed by atoms with van der Waals surface area (Å²) in [6, 6.07) is 0. The van der Waals surface area contributed by atoms with Gasteiger partial charge < -0.3 is 9.79 Å². The number of rotatable bonds is 34. The van der Waals surface area contributed by atoms with E-state index in [0.717, 1.165) is 38.5 Å². The molecule has 0 spiro atoms. The Bertz CT molecular complexity index is 587. The molecule has 0 aromatic rings. The topological polar surface area (TPSA) is 66.8 Å². The first-order valence-corrected chi connectivity index (χ1v) is 19.9. The number of unbranched alkanes of at least 4 members (excludes halogenated alkanes) is 26. The van der Waals surface area contributed by atoms with Gasteiger partial charge in [0, 0.05) is 5.92 Å². The smallest absolute Gasteiger partial charge is 0.303 e. The van der Waals surface area contributed by atoms with Gasteiger partial charge in [-0.3, -0.25) is 4.52 Å². The quantitative estimate of drug-likeness (QED) is 0.0552. The maximum atomic E-state index is 13.9. The van der Waals surface area contributed by atoms with Crippen LogP contribution < -0.4 is 0 Å². The summed E-state index contributed by atoms with van der Waals surface area (Å²) in [6.45, 7) is 4.47. The molecule has 254 valence electrons. The van der Waals surface area contributed by atoms with Crippen molar-refractivity contribution < 1.29 is 27.7 Å². The summed E-state index contributed by atoms with van der Waals surface area (Å²) < 4.78 is 44.2. The number of phosphoric ester groups is 1. The summed E-state index contributed by atoms with van der Waals surface area (Å²) in [5, 5.41) is 0. The zero-order valence-electron chi connectivity index (χ0n) is 27.9. The van der Waals surface area contributed by atoms with E-state index >= 15 is 0 Å². The summed E-state index contributed by atoms with van der Waals surface area (Å²) in [4.78, 5) is 18.7. The van der Waals surface area contributed by atoms with E-state index in [1.165, 1.54) is 128 Å². The number of hydrogen-bond donors (Lipinski definition) is 2. The van der Waals surface area contributed by atoms with Crippen LogP contribution in [0.15, 0.2) is 0 Å². The fraction of sp³-hybridized carbons (Fsp3) is 1.00. The molecule has 42 heavy (non-hydrogen) atoms. The fourth-order valence-corrected chi connectivity index (χ4v) is 6.72. The SMILES string of the molecule is CCCCCCCCCCCCCCCCCCCCCC(OP(=O)(O)O)C(CCCCCCCCCCC)C(F)F. The number of alkyl halides is 2. The Morgan fingerprint density at radius 3 is 1.00 bits per heavy atom. The van der Waals surface area contributed by atoms with E-state index < -0.39 is 26.3 Å². The number of phosphoric acid groups is 1. The van der Waals surface area contributed by atoms with Gasteiger partial charge in [0.15, 0.2) is 0 Å². The molecule has 0 radical (unpaired) electrons. The minimum absolute atomic E-state index is 0.261. The first-order valence-electron chi connectivity index (χ1n) is 18.3. The van der Waals surface area contributed by atoms with Crippen molar-refractivity contribution in [2.24, 2.45) is 5.92 Å². The lowest BCUT2D eigenvalue weighted by atomic mass is 9.91. The fourth-order valence-electron chi connectivity index (χ4n) is 6.11. The van der Waals surface area contributed by atoms with Crippen molar-refractivity contribution in [3.8, 4) is 0 Å². The molecule has 2 N–H and O–H groups in total. The summed E-state index contributed by atoms with van der Waals surface area (Å²) >= 11 is 0. The molecule has 0 rings (SSSR count). The summed E-state index contributed by atoms with van der Waals surface area (Å²) in [7, 11) is -4.81. The molecule has 0 aliphatic carbocycles. The van der Waals surface area contributed by atoms with Crippen LogP contribution in [-0.4, -0.2) is 22.3 Å². The van der Waals surface area contributed by atoms with Crippen molar-refractivity contribution in [1.29, 1.82) is 0 Å². The Morgan fingerprint density at radius 1 is 0.476 bits per heavy atom. The maximum Gasteiger partial charge on any atom is 0.469 e. The lowest BCUT2D eigenvalue weighted by Crippen LogP contribution is -2.29. The van der Waals surface area contributed by atoms with Gasteiger partial charge in [-0.2, -0.15) is 0 Å². The highest BCUT2D eigenvalue weighted by Gasteiger charge is 2.34. The zero-order chi connectivity index (χ0) is 31.2. The van der Waals surface area contributed by atoms with E-state index in [2.05, 4.69) is 13.8 Å². The van der Waals surface area contributed by atoms with Gasteiger partial charge in [0.2, 0.25) is 6.43 Å². The minimum Gasteiger partial charge on any atom is -0.303 e. The van der Waals surface area contributed by atoms with Crippen molar-refractivity contribution in [3.05, 3.63) is 0 Å². The van der Waals surface area contributed by atoms with Gasteiger partial charge in [-0.15, -0.1) is 0 Å². The van der Waals surface area contributed by atoms with Gasteiger partial charge in [-0.1, -0.05) is 194 Å². The summed E-state index contributed by atoms with van der Waals surface area (Å²) in [5.74, 6) is -1.11. The van der Waals surface area contributed by atoms with Crippen molar-refractivity contribution in [3.63, 3.8) is 0 Å². The second-order valence-corrected chi connectivity index (χ2v) is 14.1. The van der Waals surface area contributed by atoms with E-state index in [1.54, 1.807) is 0 Å². The highest BCUT2D eigenvalue weighted by atomic mass is 31.2. The molecule has 0 bridgehead atoms. The molecule has 0 aromatic carbocycles. The maximum absolute atomic E-state index is 13.9. The molecule has 4 nitrogen and oxygen atoms in total. The van der Waals surface area contributed by atoms with E-state index in [9.17, 15) is 23.1 Å². The van der Waals surface area contributed by atoms with Gasteiger partial charge in [-0.05, 0) is 12.8 Å². The predicted octanol–water partition coefficient (Wildman–Crippen LogP) is 13.1. The first kappa shape index (κ1) is 42.0. The molecule has 0 saturated carbocycles. The Labute approximate surface area is 260 Å². The van der Waals surface area contributed by atoms with E-state index in [1.807, 2.05) is 0 Å². The van der Waals surface area contributed by atoms with Crippen molar-refractivity contribution >= 4 is 7.82 Å². The summed E-state index contributed by atoms with van der Waals surface area (Å²) in [5.41, 5.74) is 0. The standard InChI is InChI=1S/C35H71F2O4P/c1-3-5-7-9-11-13-14-15-16-17-18-19-20-21-22-24-26-28-30-32-34(41-42(38,39)40)33(35(36)37)31-29-27-25-23-12-10-8-6-4-2/h33-35H,3-32H2,1-2H3,(H2,38,39,40). The Balaban J connectivity index is 3.92. The van der Waals surface area contributed by atoms with Gasteiger partial charge in [0.1, 0.15) is 0 Å². The normalized spacial score (nSPS) is 13.7. The Hall–Kier alpha value is -0.0300. The van der Waals surface area contributed by atoms with Crippen LogP contribution in [0.4, 0.5) is 8.78 Å². The monoisotopic (exact) mass is 625 g/mol. The molecule has 2 unspecified atom stereocenters. The molecular formula is C35H71F2O4P. The minimum atomic E-state index is -4.81. The van der Waals surface area contributed by atoms with E-state index in [0.29, 0.717) is 12.8 Å². The molecular weight excluding hydrogens is 553 g/mol. The molecule has 0 aliphatic rings. The highest BCUT2D eigenvalue weighted by molar-refractivity contribution is 7.46. The van der Waals surface area contributed by atoms with Crippen LogP contribution in [0.5, 0.6) is 0 Å². The third-order valence-corrected chi connectivity index (χ3v) is 9.35. The second kappa shape index (κ2) is 31.0. The van der Waals surface area contributed by atoms with Crippen LogP contribution >= 0.6 is 7.82 Å². The zero-order valence-corrected chi connectivity index (χ0v) is 28.8. The first-order chi connectivity index (χ1) is 20.3. The number of halogens is 2. The predicted molar refractivity (Wildman–Crippen MR) is 176 cm³/mol. The molecule has 2 atom stereocenters. The van der Waals surface area contributed by atoms with Crippen LogP contribution in [0.3, 0.4) is 0 Å². The Morgan fingerprint density at radius 2 is 0.738 bits per heavy atom. The van der Waals surface area contributed by atoms with Crippen LogP contribution in [-0.2, 0) is 9.09 Å².